The molecule has 1 heterocycles. The van der Waals surface area contributed by atoms with Crippen molar-refractivity contribution in [1.82, 2.24) is 10.4 Å². The molecule has 0 radical (unpaired) electrons. The Hall–Kier alpha value is -0.660. The summed E-state index contributed by atoms with van der Waals surface area (Å²) in [7, 11) is 0. The fourth-order valence-electron chi connectivity index (χ4n) is 0.668. The highest BCUT2D eigenvalue weighted by Crippen LogP contribution is 2.07. The third-order valence-electron chi connectivity index (χ3n) is 1.15. The predicted octanol–water partition coefficient (Wildman–Crippen LogP) is 0.882. The van der Waals surface area contributed by atoms with Crippen LogP contribution in [0, 0.1) is 11.3 Å². The first-order valence-corrected chi connectivity index (χ1v) is 4.13. The third kappa shape index (κ3) is 2.29. The van der Waals surface area contributed by atoms with Crippen molar-refractivity contribution in [2.75, 3.05) is 12.4 Å². The van der Waals surface area contributed by atoms with Gasteiger partial charge in [-0.2, -0.15) is 5.26 Å². The molecule has 0 saturated carbocycles. The second-order valence-electron chi connectivity index (χ2n) is 1.90. The lowest BCUT2D eigenvalue weighted by atomic mass is 10.5. The Kier molecular flexibility index (Phi) is 3.13. The molecule has 1 aliphatic heterocycles. The molecule has 10 heavy (non-hydrogen) atoms. The number of nitriles is 1. The van der Waals surface area contributed by atoms with Crippen LogP contribution in [-0.2, 0) is 0 Å². The van der Waals surface area contributed by atoms with Crippen molar-refractivity contribution in [1.29, 1.82) is 5.26 Å². The lowest BCUT2D eigenvalue weighted by molar-refractivity contribution is 0.268. The quantitative estimate of drug-likeness (QED) is 0.642. The normalized spacial score (nSPS) is 17.9. The van der Waals surface area contributed by atoms with E-state index in [2.05, 4.69) is 11.5 Å². The third-order valence-corrected chi connectivity index (χ3v) is 1.93. The van der Waals surface area contributed by atoms with Crippen molar-refractivity contribution < 1.29 is 0 Å². The summed E-state index contributed by atoms with van der Waals surface area (Å²) in [5, 5.41) is 12.3. The van der Waals surface area contributed by atoms with E-state index >= 15 is 0 Å². The highest BCUT2D eigenvalue weighted by Gasteiger charge is 2.02. The summed E-state index contributed by atoms with van der Waals surface area (Å²) in [5.41, 5.74) is 3.03. The molecule has 1 N–H and O–H groups in total. The molecular formula is C6H9N3S. The molecular weight excluding hydrogens is 146 g/mol. The van der Waals surface area contributed by atoms with Gasteiger partial charge in [0.25, 0.3) is 0 Å². The fourth-order valence-corrected chi connectivity index (χ4v) is 1.30. The van der Waals surface area contributed by atoms with Crippen molar-refractivity contribution >= 4 is 11.8 Å². The maximum Gasteiger partial charge on any atom is 0.0677 e. The number of hydrogen-bond donors (Lipinski definition) is 1. The molecule has 1 rings (SSSR count). The summed E-state index contributed by atoms with van der Waals surface area (Å²) in [5.74, 6) is 0.929. The molecule has 4 heteroatoms. The van der Waals surface area contributed by atoms with E-state index in [1.165, 1.54) is 0 Å². The molecule has 0 saturated heterocycles. The summed E-state index contributed by atoms with van der Waals surface area (Å²) < 4.78 is 0. The van der Waals surface area contributed by atoms with E-state index in [1.807, 2.05) is 16.6 Å². The largest absolute Gasteiger partial charge is 0.325 e. The number of rotatable bonds is 2. The van der Waals surface area contributed by atoms with Gasteiger partial charge < -0.3 is 5.43 Å². The number of hydrazine groups is 1. The van der Waals surface area contributed by atoms with Gasteiger partial charge >= 0.3 is 0 Å². The van der Waals surface area contributed by atoms with Crippen LogP contribution in [0.3, 0.4) is 0 Å². The van der Waals surface area contributed by atoms with Crippen molar-refractivity contribution in [2.45, 2.75) is 6.42 Å². The van der Waals surface area contributed by atoms with Crippen LogP contribution in [-0.4, -0.2) is 17.4 Å². The molecule has 0 fully saturated rings. The maximum atomic E-state index is 8.27. The average Bonchev–Trinajstić information content (AvgIpc) is 2.03. The molecule has 0 amide bonds. The first-order valence-electron chi connectivity index (χ1n) is 3.08. The Morgan fingerprint density at radius 1 is 1.80 bits per heavy atom. The number of hydrogen-bond acceptors (Lipinski definition) is 4. The molecule has 0 aromatic carbocycles. The van der Waals surface area contributed by atoms with Gasteiger partial charge in [-0.15, -0.1) is 11.8 Å². The van der Waals surface area contributed by atoms with Gasteiger partial charge in [0.15, 0.2) is 0 Å². The van der Waals surface area contributed by atoms with Gasteiger partial charge in [0, 0.05) is 19.2 Å². The molecule has 0 bridgehead atoms. The van der Waals surface area contributed by atoms with Crippen LogP contribution in [0.1, 0.15) is 6.42 Å². The second-order valence-corrected chi connectivity index (χ2v) is 2.76. The molecule has 0 spiro atoms. The van der Waals surface area contributed by atoms with Crippen LogP contribution >= 0.6 is 11.8 Å². The molecule has 3 nitrogen and oxygen atoms in total. The Morgan fingerprint density at radius 3 is 3.30 bits per heavy atom. The van der Waals surface area contributed by atoms with E-state index in [9.17, 15) is 0 Å². The summed E-state index contributed by atoms with van der Waals surface area (Å²) in [6.07, 6.45) is 2.47. The first-order chi connectivity index (χ1) is 4.93. The molecule has 0 aromatic heterocycles. The Balaban J connectivity index is 2.17. The number of thioether (sulfide) groups is 1. The number of nitrogens with zero attached hydrogens (tertiary/aromatic N) is 2. The Labute approximate surface area is 64.7 Å². The highest BCUT2D eigenvalue weighted by molar-refractivity contribution is 8.02. The van der Waals surface area contributed by atoms with Gasteiger partial charge in [-0.3, -0.25) is 0 Å². The second kappa shape index (κ2) is 4.20. The predicted molar refractivity (Wildman–Crippen MR) is 41.7 cm³/mol. The van der Waals surface area contributed by atoms with Crippen molar-refractivity contribution in [3.63, 3.8) is 0 Å². The maximum absolute atomic E-state index is 8.27. The van der Waals surface area contributed by atoms with Crippen LogP contribution in [0.25, 0.3) is 0 Å². The van der Waals surface area contributed by atoms with Gasteiger partial charge in [0.05, 0.1) is 11.9 Å². The van der Waals surface area contributed by atoms with E-state index < -0.39 is 0 Å². The minimum atomic E-state index is 0.585. The van der Waals surface area contributed by atoms with Crippen molar-refractivity contribution in [3.05, 3.63) is 11.6 Å². The number of nitrogens with one attached hydrogen (secondary N) is 1. The van der Waals surface area contributed by atoms with Crippen LogP contribution in [0.2, 0.25) is 0 Å². The fraction of sp³-hybridized carbons (Fsp3) is 0.500. The molecule has 1 aliphatic rings. The van der Waals surface area contributed by atoms with E-state index in [1.54, 1.807) is 11.8 Å². The molecule has 0 aliphatic carbocycles. The summed E-state index contributed by atoms with van der Waals surface area (Å²) in [6.45, 7) is 0.799. The van der Waals surface area contributed by atoms with Crippen LogP contribution in [0.5, 0.6) is 0 Å². The Bertz CT molecular complexity index is 161. The molecule has 54 valence electrons. The van der Waals surface area contributed by atoms with Crippen LogP contribution in [0.4, 0.5) is 0 Å². The molecule has 0 atom stereocenters. The van der Waals surface area contributed by atoms with E-state index in [0.29, 0.717) is 6.42 Å². The zero-order chi connectivity index (χ0) is 7.23. The van der Waals surface area contributed by atoms with Gasteiger partial charge in [0.2, 0.25) is 0 Å². The lowest BCUT2D eigenvalue weighted by Crippen LogP contribution is -2.36. The zero-order valence-electron chi connectivity index (χ0n) is 5.58. The van der Waals surface area contributed by atoms with Gasteiger partial charge in [-0.1, -0.05) is 0 Å². The minimum Gasteiger partial charge on any atom is -0.325 e. The molecule has 0 aromatic rings. The van der Waals surface area contributed by atoms with E-state index in [0.717, 1.165) is 12.4 Å². The lowest BCUT2D eigenvalue weighted by Gasteiger charge is -2.22. The summed E-state index contributed by atoms with van der Waals surface area (Å²) in [6, 6.07) is 2.10. The topological polar surface area (TPSA) is 39.1 Å². The van der Waals surface area contributed by atoms with E-state index in [-0.39, 0.29) is 0 Å². The van der Waals surface area contributed by atoms with Gasteiger partial charge in [-0.05, 0) is 5.41 Å². The summed E-state index contributed by atoms with van der Waals surface area (Å²) in [4.78, 5) is 0. The average molecular weight is 155 g/mol. The minimum absolute atomic E-state index is 0.585. The standard InChI is InChI=1S/C6H9N3S/c7-2-1-4-9-6-10-5-3-8-9/h3,5,8H,1,4,6H2. The van der Waals surface area contributed by atoms with Crippen molar-refractivity contribution in [3.8, 4) is 6.07 Å². The smallest absolute Gasteiger partial charge is 0.0677 e. The van der Waals surface area contributed by atoms with Gasteiger partial charge in [-0.25, -0.2) is 5.01 Å². The SMILES string of the molecule is N#CCCN1CSC=CN1. The monoisotopic (exact) mass is 155 g/mol. The zero-order valence-corrected chi connectivity index (χ0v) is 6.40. The highest BCUT2D eigenvalue weighted by atomic mass is 32.2. The summed E-state index contributed by atoms with van der Waals surface area (Å²) >= 11 is 1.73. The first kappa shape index (κ1) is 7.45. The van der Waals surface area contributed by atoms with Crippen LogP contribution < -0.4 is 5.43 Å². The Morgan fingerprint density at radius 2 is 2.70 bits per heavy atom. The van der Waals surface area contributed by atoms with E-state index in [4.69, 9.17) is 5.26 Å². The molecule has 0 unspecified atom stereocenters. The van der Waals surface area contributed by atoms with Gasteiger partial charge in [0.1, 0.15) is 0 Å². The van der Waals surface area contributed by atoms with Crippen LogP contribution in [0.15, 0.2) is 11.6 Å². The van der Waals surface area contributed by atoms with Crippen molar-refractivity contribution in [2.24, 2.45) is 0 Å².